The van der Waals surface area contributed by atoms with Crippen LogP contribution in [0.2, 0.25) is 5.02 Å². The van der Waals surface area contributed by atoms with Crippen LogP contribution in [0.1, 0.15) is 0 Å². The van der Waals surface area contributed by atoms with Crippen LogP contribution in [0, 0.1) is 5.82 Å². The van der Waals surface area contributed by atoms with Gasteiger partial charge in [-0.3, -0.25) is 4.72 Å². The first-order chi connectivity index (χ1) is 9.85. The largest absolute Gasteiger partial charge is 0.497 e. The predicted molar refractivity (Wildman–Crippen MR) is 79.6 cm³/mol. The minimum absolute atomic E-state index is 0.00591. The second-order valence-corrected chi connectivity index (χ2v) is 6.16. The molecule has 0 aliphatic rings. The molecule has 0 bridgehead atoms. The summed E-state index contributed by atoms with van der Waals surface area (Å²) >= 11 is 5.83. The number of nitrogens with two attached hydrogens (primary N) is 1. The molecule has 0 spiro atoms. The number of nitrogen functional groups attached to an aromatic ring is 1. The van der Waals surface area contributed by atoms with E-state index in [1.165, 1.54) is 37.4 Å². The van der Waals surface area contributed by atoms with Gasteiger partial charge in [-0.2, -0.15) is 0 Å². The smallest absolute Gasteiger partial charge is 0.261 e. The van der Waals surface area contributed by atoms with E-state index in [9.17, 15) is 12.8 Å². The molecule has 3 N–H and O–H groups in total. The molecule has 0 fully saturated rings. The molecule has 0 atom stereocenters. The monoisotopic (exact) mass is 330 g/mol. The second kappa shape index (κ2) is 5.79. The number of rotatable bonds is 4. The van der Waals surface area contributed by atoms with E-state index in [4.69, 9.17) is 22.1 Å². The lowest BCUT2D eigenvalue weighted by Gasteiger charge is -2.11. The Morgan fingerprint density at radius 1 is 1.19 bits per heavy atom. The normalized spacial score (nSPS) is 11.2. The summed E-state index contributed by atoms with van der Waals surface area (Å²) in [5.74, 6) is -0.189. The fourth-order valence-electron chi connectivity index (χ4n) is 1.61. The number of hydrogen-bond acceptors (Lipinski definition) is 4. The summed E-state index contributed by atoms with van der Waals surface area (Å²) < 4.78 is 44.8. The molecule has 2 aromatic carbocycles. The molecule has 0 amide bonds. The predicted octanol–water partition coefficient (Wildman–Crippen LogP) is 2.87. The fourth-order valence-corrected chi connectivity index (χ4v) is 2.94. The van der Waals surface area contributed by atoms with Crippen LogP contribution >= 0.6 is 11.6 Å². The standard InChI is InChI=1S/C13H12ClFN2O3S/c1-20-8-2-4-9(5-3-8)21(18,19)17-11-7-6-10(15)13(16)12(11)14/h2-7,17H,16H2,1H3. The molecule has 8 heteroatoms. The highest BCUT2D eigenvalue weighted by atomic mass is 35.5. The van der Waals surface area contributed by atoms with E-state index in [2.05, 4.69) is 4.72 Å². The van der Waals surface area contributed by atoms with Crippen molar-refractivity contribution in [2.75, 3.05) is 17.6 Å². The van der Waals surface area contributed by atoms with Crippen LogP contribution < -0.4 is 15.2 Å². The summed E-state index contributed by atoms with van der Waals surface area (Å²) in [6.07, 6.45) is 0. The van der Waals surface area contributed by atoms with Crippen molar-refractivity contribution in [3.8, 4) is 5.75 Å². The number of sulfonamides is 1. The summed E-state index contributed by atoms with van der Waals surface area (Å²) in [6, 6.07) is 8.01. The van der Waals surface area contributed by atoms with Crippen LogP contribution in [0.15, 0.2) is 41.3 Å². The van der Waals surface area contributed by atoms with Gasteiger partial charge in [0, 0.05) is 0 Å². The van der Waals surface area contributed by atoms with E-state index in [0.717, 1.165) is 6.07 Å². The molecule has 5 nitrogen and oxygen atoms in total. The Labute approximate surface area is 126 Å². The zero-order chi connectivity index (χ0) is 15.6. The number of nitrogens with one attached hydrogen (secondary N) is 1. The van der Waals surface area contributed by atoms with Gasteiger partial charge in [-0.15, -0.1) is 0 Å². The van der Waals surface area contributed by atoms with Crippen molar-refractivity contribution >= 4 is 33.0 Å². The fraction of sp³-hybridized carbons (Fsp3) is 0.0769. The van der Waals surface area contributed by atoms with E-state index in [0.29, 0.717) is 5.75 Å². The molecular weight excluding hydrogens is 319 g/mol. The van der Waals surface area contributed by atoms with Crippen LogP contribution in [0.4, 0.5) is 15.8 Å². The molecule has 0 aliphatic heterocycles. The first kappa shape index (κ1) is 15.4. The van der Waals surface area contributed by atoms with Gasteiger partial charge in [0.1, 0.15) is 11.6 Å². The Bertz CT molecular complexity index is 764. The van der Waals surface area contributed by atoms with Gasteiger partial charge in [0.2, 0.25) is 0 Å². The number of methoxy groups -OCH3 is 1. The molecule has 0 heterocycles. The highest BCUT2D eigenvalue weighted by molar-refractivity contribution is 7.92. The van der Waals surface area contributed by atoms with Gasteiger partial charge in [0.05, 0.1) is 28.4 Å². The Kier molecular flexibility index (Phi) is 4.24. The highest BCUT2D eigenvalue weighted by Gasteiger charge is 2.17. The lowest BCUT2D eigenvalue weighted by Crippen LogP contribution is -2.13. The first-order valence-corrected chi connectivity index (χ1v) is 7.61. The van der Waals surface area contributed by atoms with E-state index in [-0.39, 0.29) is 21.3 Å². The van der Waals surface area contributed by atoms with Crippen LogP contribution in [0.3, 0.4) is 0 Å². The maximum Gasteiger partial charge on any atom is 0.261 e. The number of halogens is 2. The molecule has 0 radical (unpaired) electrons. The van der Waals surface area contributed by atoms with Crippen molar-refractivity contribution in [2.45, 2.75) is 4.90 Å². The van der Waals surface area contributed by atoms with Crippen LogP contribution in [-0.4, -0.2) is 15.5 Å². The Morgan fingerprint density at radius 3 is 2.38 bits per heavy atom. The van der Waals surface area contributed by atoms with Gasteiger partial charge in [0.15, 0.2) is 0 Å². The number of ether oxygens (including phenoxy) is 1. The van der Waals surface area contributed by atoms with E-state index < -0.39 is 15.8 Å². The Hall–Kier alpha value is -1.99. The molecule has 21 heavy (non-hydrogen) atoms. The highest BCUT2D eigenvalue weighted by Crippen LogP contribution is 2.31. The van der Waals surface area contributed by atoms with E-state index in [1.54, 1.807) is 0 Å². The van der Waals surface area contributed by atoms with Crippen LogP contribution in [0.5, 0.6) is 5.75 Å². The third-order valence-electron chi connectivity index (χ3n) is 2.74. The van der Waals surface area contributed by atoms with E-state index in [1.807, 2.05) is 0 Å². The average Bonchev–Trinajstić information content (AvgIpc) is 2.48. The summed E-state index contributed by atoms with van der Waals surface area (Å²) in [7, 11) is -2.38. The molecule has 2 rings (SSSR count). The topological polar surface area (TPSA) is 81.4 Å². The zero-order valence-corrected chi connectivity index (χ0v) is 12.5. The number of benzene rings is 2. The third kappa shape index (κ3) is 3.20. The zero-order valence-electron chi connectivity index (χ0n) is 10.9. The molecule has 0 unspecified atom stereocenters. The summed E-state index contributed by atoms with van der Waals surface area (Å²) in [5, 5.41) is -0.188. The lowest BCUT2D eigenvalue weighted by atomic mass is 10.3. The molecule has 0 aliphatic carbocycles. The van der Waals surface area contributed by atoms with Gasteiger partial charge in [-0.25, -0.2) is 12.8 Å². The minimum Gasteiger partial charge on any atom is -0.497 e. The van der Waals surface area contributed by atoms with Crippen molar-refractivity contribution in [1.82, 2.24) is 0 Å². The van der Waals surface area contributed by atoms with Gasteiger partial charge >= 0.3 is 0 Å². The quantitative estimate of drug-likeness (QED) is 0.845. The van der Waals surface area contributed by atoms with Gasteiger partial charge in [-0.1, -0.05) is 11.6 Å². The molecule has 0 saturated carbocycles. The van der Waals surface area contributed by atoms with Crippen molar-refractivity contribution in [1.29, 1.82) is 0 Å². The van der Waals surface area contributed by atoms with Gasteiger partial charge in [0.25, 0.3) is 10.0 Å². The molecule has 2 aromatic rings. The van der Waals surface area contributed by atoms with Crippen molar-refractivity contribution in [2.24, 2.45) is 0 Å². The van der Waals surface area contributed by atoms with E-state index >= 15 is 0 Å². The Balaban J connectivity index is 2.35. The molecular formula is C13H12ClFN2O3S. The SMILES string of the molecule is COc1ccc(S(=O)(=O)Nc2ccc(F)c(N)c2Cl)cc1. The maximum atomic E-state index is 13.2. The average molecular weight is 331 g/mol. The summed E-state index contributed by atoms with van der Waals surface area (Å²) in [6.45, 7) is 0. The van der Waals surface area contributed by atoms with Crippen molar-refractivity contribution < 1.29 is 17.5 Å². The second-order valence-electron chi connectivity index (χ2n) is 4.10. The lowest BCUT2D eigenvalue weighted by molar-refractivity contribution is 0.414. The molecule has 0 saturated heterocycles. The van der Waals surface area contributed by atoms with Crippen LogP contribution in [0.25, 0.3) is 0 Å². The summed E-state index contributed by atoms with van der Waals surface area (Å²) in [5.41, 5.74) is 5.11. The maximum absolute atomic E-state index is 13.2. The number of anilines is 2. The van der Waals surface area contributed by atoms with Crippen molar-refractivity contribution in [3.63, 3.8) is 0 Å². The Morgan fingerprint density at radius 2 is 1.81 bits per heavy atom. The summed E-state index contributed by atoms with van der Waals surface area (Å²) in [4.78, 5) is 0.0160. The van der Waals surface area contributed by atoms with Crippen LogP contribution in [-0.2, 0) is 10.0 Å². The molecule has 0 aromatic heterocycles. The third-order valence-corrected chi connectivity index (χ3v) is 4.53. The first-order valence-electron chi connectivity index (χ1n) is 5.75. The van der Waals surface area contributed by atoms with Gasteiger partial charge < -0.3 is 10.5 Å². The molecule has 112 valence electrons. The number of hydrogen-bond donors (Lipinski definition) is 2. The van der Waals surface area contributed by atoms with Crippen molar-refractivity contribution in [3.05, 3.63) is 47.2 Å². The minimum atomic E-state index is -3.86. The van der Waals surface area contributed by atoms with Gasteiger partial charge in [-0.05, 0) is 36.4 Å².